The Balaban J connectivity index is 1.80. The zero-order valence-electron chi connectivity index (χ0n) is 13.2. The van der Waals surface area contributed by atoms with Gasteiger partial charge < -0.3 is 10.4 Å². The number of carboxylic acids is 1. The molecule has 0 radical (unpaired) electrons. The normalized spacial score (nSPS) is 28.0. The van der Waals surface area contributed by atoms with E-state index in [4.69, 9.17) is 0 Å². The lowest BCUT2D eigenvalue weighted by atomic mass is 9.82. The highest BCUT2D eigenvalue weighted by Crippen LogP contribution is 2.53. The van der Waals surface area contributed by atoms with E-state index in [0.717, 1.165) is 16.7 Å². The second-order valence-electron chi connectivity index (χ2n) is 6.36. The molecule has 2 aliphatic carbocycles. The van der Waals surface area contributed by atoms with Crippen LogP contribution in [0.25, 0.3) is 0 Å². The van der Waals surface area contributed by atoms with E-state index in [9.17, 15) is 14.7 Å². The van der Waals surface area contributed by atoms with Crippen LogP contribution in [0, 0.1) is 23.7 Å². The number of aromatic nitrogens is 1. The van der Waals surface area contributed by atoms with Crippen LogP contribution in [0.1, 0.15) is 19.4 Å². The fraction of sp³-hybridized carbons (Fsp3) is 0.389. The van der Waals surface area contributed by atoms with Gasteiger partial charge in [-0.05, 0) is 25.5 Å². The molecule has 1 fully saturated rings. The maximum absolute atomic E-state index is 12.6. The summed E-state index contributed by atoms with van der Waals surface area (Å²) in [6, 6.07) is 3.69. The van der Waals surface area contributed by atoms with Gasteiger partial charge in [0.25, 0.3) is 0 Å². The third-order valence-corrected chi connectivity index (χ3v) is 4.76. The summed E-state index contributed by atoms with van der Waals surface area (Å²) in [5.41, 5.74) is 3.10. The van der Waals surface area contributed by atoms with Gasteiger partial charge in [0.05, 0.1) is 11.8 Å². The van der Waals surface area contributed by atoms with Crippen LogP contribution in [-0.4, -0.2) is 22.0 Å². The number of nitrogens with one attached hydrogen (secondary N) is 1. The Morgan fingerprint density at radius 3 is 2.48 bits per heavy atom. The van der Waals surface area contributed by atoms with E-state index in [-0.39, 0.29) is 17.7 Å². The fourth-order valence-corrected chi connectivity index (χ4v) is 3.85. The van der Waals surface area contributed by atoms with E-state index in [1.54, 1.807) is 12.4 Å². The van der Waals surface area contributed by atoms with Gasteiger partial charge in [-0.3, -0.25) is 14.6 Å². The standard InChI is InChI=1S/C18H20N2O3/c1-10(2)14-12-5-6-13(14)16(18(22)23)15(12)17(21)20-9-11-4-3-7-19-8-11/h3-8,12-13,15-16H,9H2,1-2H3,(H,20,21)(H,22,23). The summed E-state index contributed by atoms with van der Waals surface area (Å²) < 4.78 is 0. The Hall–Kier alpha value is -2.43. The predicted octanol–water partition coefficient (Wildman–Crippen LogP) is 2.17. The van der Waals surface area contributed by atoms with E-state index >= 15 is 0 Å². The molecule has 1 aromatic rings. The van der Waals surface area contributed by atoms with Crippen molar-refractivity contribution in [2.45, 2.75) is 20.4 Å². The first-order valence-corrected chi connectivity index (χ1v) is 7.75. The molecule has 0 saturated heterocycles. The van der Waals surface area contributed by atoms with Crippen LogP contribution in [0.5, 0.6) is 0 Å². The van der Waals surface area contributed by atoms with Gasteiger partial charge in [-0.1, -0.05) is 29.4 Å². The molecule has 5 nitrogen and oxygen atoms in total. The third kappa shape index (κ3) is 2.67. The summed E-state index contributed by atoms with van der Waals surface area (Å²) in [4.78, 5) is 28.4. The van der Waals surface area contributed by atoms with Gasteiger partial charge in [-0.25, -0.2) is 0 Å². The van der Waals surface area contributed by atoms with Gasteiger partial charge in [-0.15, -0.1) is 0 Å². The van der Waals surface area contributed by atoms with E-state index < -0.39 is 17.8 Å². The first kappa shape index (κ1) is 15.5. The molecule has 1 amide bonds. The number of fused-ring (bicyclic) bond motifs is 2. The molecule has 1 heterocycles. The molecular weight excluding hydrogens is 292 g/mol. The van der Waals surface area contributed by atoms with Crippen LogP contribution in [0.2, 0.25) is 0 Å². The zero-order chi connectivity index (χ0) is 16.6. The summed E-state index contributed by atoms with van der Waals surface area (Å²) in [5, 5.41) is 12.5. The van der Waals surface area contributed by atoms with Gasteiger partial charge in [0.2, 0.25) is 5.91 Å². The highest BCUT2D eigenvalue weighted by Gasteiger charge is 2.54. The molecule has 1 saturated carbocycles. The van der Waals surface area contributed by atoms with Crippen molar-refractivity contribution in [3.05, 3.63) is 53.4 Å². The highest BCUT2D eigenvalue weighted by molar-refractivity contribution is 5.88. The molecule has 2 N–H and O–H groups in total. The molecule has 4 unspecified atom stereocenters. The number of nitrogens with zero attached hydrogens (tertiary/aromatic N) is 1. The van der Waals surface area contributed by atoms with E-state index in [2.05, 4.69) is 10.3 Å². The topological polar surface area (TPSA) is 79.3 Å². The lowest BCUT2D eigenvalue weighted by Crippen LogP contribution is -2.39. The molecule has 2 aliphatic rings. The number of rotatable bonds is 4. The third-order valence-electron chi connectivity index (χ3n) is 4.76. The summed E-state index contributed by atoms with van der Waals surface area (Å²) in [6.45, 7) is 4.33. The van der Waals surface area contributed by atoms with Crippen molar-refractivity contribution in [2.75, 3.05) is 0 Å². The Morgan fingerprint density at radius 1 is 1.22 bits per heavy atom. The zero-order valence-corrected chi connectivity index (χ0v) is 13.2. The first-order valence-electron chi connectivity index (χ1n) is 7.75. The number of carboxylic acid groups (broad SMARTS) is 1. The van der Waals surface area contributed by atoms with Gasteiger partial charge in [0, 0.05) is 30.8 Å². The fourth-order valence-electron chi connectivity index (χ4n) is 3.85. The smallest absolute Gasteiger partial charge is 0.308 e. The van der Waals surface area contributed by atoms with Gasteiger partial charge in [0.1, 0.15) is 0 Å². The second kappa shape index (κ2) is 5.99. The molecule has 2 bridgehead atoms. The number of allylic oxidation sites excluding steroid dienone is 4. The van der Waals surface area contributed by atoms with E-state index in [0.29, 0.717) is 6.54 Å². The molecule has 23 heavy (non-hydrogen) atoms. The van der Waals surface area contributed by atoms with Crippen molar-refractivity contribution in [3.8, 4) is 0 Å². The number of pyridine rings is 1. The van der Waals surface area contributed by atoms with Crippen molar-refractivity contribution >= 4 is 11.9 Å². The largest absolute Gasteiger partial charge is 0.481 e. The number of carbonyl (C=O) groups is 2. The van der Waals surface area contributed by atoms with Gasteiger partial charge in [-0.2, -0.15) is 0 Å². The quantitative estimate of drug-likeness (QED) is 0.835. The molecule has 4 atom stereocenters. The number of aliphatic carboxylic acids is 1. The highest BCUT2D eigenvalue weighted by atomic mass is 16.4. The van der Waals surface area contributed by atoms with Gasteiger partial charge >= 0.3 is 5.97 Å². The lowest BCUT2D eigenvalue weighted by molar-refractivity contribution is -0.147. The Morgan fingerprint density at radius 2 is 1.91 bits per heavy atom. The molecule has 5 heteroatoms. The maximum atomic E-state index is 12.6. The van der Waals surface area contributed by atoms with Crippen molar-refractivity contribution in [3.63, 3.8) is 0 Å². The van der Waals surface area contributed by atoms with Crippen LogP contribution < -0.4 is 5.32 Å². The SMILES string of the molecule is CC(C)=C1C2C=CC1C(C(=O)NCc1cccnc1)C2C(=O)O. The van der Waals surface area contributed by atoms with Crippen molar-refractivity contribution < 1.29 is 14.7 Å². The Bertz CT molecular complexity index is 689. The molecule has 1 aromatic heterocycles. The van der Waals surface area contributed by atoms with E-state index in [1.807, 2.05) is 38.1 Å². The summed E-state index contributed by atoms with van der Waals surface area (Å²) in [5.74, 6) is -2.57. The molecule has 0 spiro atoms. The van der Waals surface area contributed by atoms with Crippen LogP contribution in [-0.2, 0) is 16.1 Å². The summed E-state index contributed by atoms with van der Waals surface area (Å²) >= 11 is 0. The number of carbonyl (C=O) groups excluding carboxylic acids is 1. The Kier molecular flexibility index (Phi) is 4.03. The minimum absolute atomic E-state index is 0.0972. The van der Waals surface area contributed by atoms with Crippen LogP contribution >= 0.6 is 0 Å². The number of amides is 1. The molecule has 3 rings (SSSR count). The lowest BCUT2D eigenvalue weighted by Gasteiger charge is -2.23. The maximum Gasteiger partial charge on any atom is 0.308 e. The molecule has 0 aromatic carbocycles. The molecule has 0 aliphatic heterocycles. The second-order valence-corrected chi connectivity index (χ2v) is 6.36. The van der Waals surface area contributed by atoms with Crippen LogP contribution in [0.15, 0.2) is 47.8 Å². The van der Waals surface area contributed by atoms with Crippen molar-refractivity contribution in [1.29, 1.82) is 0 Å². The summed E-state index contributed by atoms with van der Waals surface area (Å²) in [7, 11) is 0. The van der Waals surface area contributed by atoms with Crippen molar-refractivity contribution in [1.82, 2.24) is 10.3 Å². The minimum Gasteiger partial charge on any atom is -0.481 e. The average Bonchev–Trinajstić information content (AvgIpc) is 3.09. The molecule has 120 valence electrons. The first-order chi connectivity index (χ1) is 11.0. The summed E-state index contributed by atoms with van der Waals surface area (Å²) in [6.07, 6.45) is 7.29. The van der Waals surface area contributed by atoms with E-state index in [1.165, 1.54) is 0 Å². The average molecular weight is 312 g/mol. The number of hydrogen-bond donors (Lipinski definition) is 2. The minimum atomic E-state index is -0.901. The van der Waals surface area contributed by atoms with Crippen LogP contribution in [0.4, 0.5) is 0 Å². The van der Waals surface area contributed by atoms with Crippen molar-refractivity contribution in [2.24, 2.45) is 23.7 Å². The molecular formula is C18H20N2O3. The van der Waals surface area contributed by atoms with Gasteiger partial charge in [0.15, 0.2) is 0 Å². The Labute approximate surface area is 135 Å². The number of hydrogen-bond acceptors (Lipinski definition) is 3. The van der Waals surface area contributed by atoms with Crippen LogP contribution in [0.3, 0.4) is 0 Å². The monoisotopic (exact) mass is 312 g/mol. The predicted molar refractivity (Wildman–Crippen MR) is 85.2 cm³/mol.